The fraction of sp³-hybridized carbons (Fsp3) is 1.00. The molecule has 1 nitrogen and oxygen atoms in total. The molecule has 4 heavy (non-hydrogen) atoms. The molecule has 0 spiro atoms. The molecule has 0 aliphatic carbocycles. The van der Waals surface area contributed by atoms with Gasteiger partial charge in [0, 0.05) is 16.5 Å². The van der Waals surface area contributed by atoms with Gasteiger partial charge in [-0.25, -0.2) is 0 Å². The molecule has 0 radical (unpaired) electrons. The summed E-state index contributed by atoms with van der Waals surface area (Å²) in [7, 11) is 1.50. The molecular weight excluding hydrogens is 212 g/mol. The molecule has 0 aromatic rings. The van der Waals surface area contributed by atoms with Crippen molar-refractivity contribution >= 4 is 24.0 Å². The second-order valence-corrected chi connectivity index (χ2v) is 0. The van der Waals surface area contributed by atoms with Crippen molar-refractivity contribution in [1.82, 2.24) is 0 Å². The van der Waals surface area contributed by atoms with Crippen LogP contribution < -0.4 is 5.73 Å². The first-order valence-corrected chi connectivity index (χ1v) is 0.577. The Morgan fingerprint density at radius 1 is 1.25 bits per heavy atom. The van der Waals surface area contributed by atoms with Gasteiger partial charge in [-0.2, -0.15) is 0 Å². The van der Waals surface area contributed by atoms with Crippen molar-refractivity contribution in [3.8, 4) is 0 Å². The van der Waals surface area contributed by atoms with E-state index in [1.165, 1.54) is 7.05 Å². The van der Waals surface area contributed by atoms with Crippen LogP contribution >= 0.6 is 24.0 Å². The van der Waals surface area contributed by atoms with Crippen LogP contribution in [0.3, 0.4) is 0 Å². The topological polar surface area (TPSA) is 26.0 Å². The second-order valence-electron chi connectivity index (χ2n) is 0. The predicted octanol–water partition coefficient (Wildman–Crippen LogP) is 0.190. The van der Waals surface area contributed by atoms with Gasteiger partial charge in [0.25, 0.3) is 0 Å². The Labute approximate surface area is 53.3 Å². The van der Waals surface area contributed by atoms with Crippen LogP contribution in [0.15, 0.2) is 0 Å². The standard InChI is InChI=1S/CH5N.HI.Ni/c1-2;;/h2H2,1H3;1H;. The summed E-state index contributed by atoms with van der Waals surface area (Å²) in [4.78, 5) is 0. The maximum atomic E-state index is 4.50. The Kier molecular flexibility index (Phi) is 144. The zero-order chi connectivity index (χ0) is 2.00. The summed E-state index contributed by atoms with van der Waals surface area (Å²) in [6.07, 6.45) is 0. The molecule has 0 aromatic heterocycles. The summed E-state index contributed by atoms with van der Waals surface area (Å²) in [6, 6.07) is 0. The summed E-state index contributed by atoms with van der Waals surface area (Å²) >= 11 is 0. The van der Waals surface area contributed by atoms with Crippen molar-refractivity contribution in [2.75, 3.05) is 7.05 Å². The molecule has 0 fully saturated rings. The summed E-state index contributed by atoms with van der Waals surface area (Å²) in [5.74, 6) is 0. The first kappa shape index (κ1) is 19.0. The van der Waals surface area contributed by atoms with E-state index in [9.17, 15) is 0 Å². The van der Waals surface area contributed by atoms with Gasteiger partial charge in [0.1, 0.15) is 0 Å². The minimum atomic E-state index is 0. The number of rotatable bonds is 0. The Morgan fingerprint density at radius 3 is 1.25 bits per heavy atom. The van der Waals surface area contributed by atoms with E-state index >= 15 is 0 Å². The van der Waals surface area contributed by atoms with Gasteiger partial charge in [0.2, 0.25) is 0 Å². The third kappa shape index (κ3) is 10.8. The van der Waals surface area contributed by atoms with Gasteiger partial charge in [-0.05, 0) is 7.05 Å². The van der Waals surface area contributed by atoms with E-state index in [2.05, 4.69) is 5.73 Å². The molecule has 0 unspecified atom stereocenters. The van der Waals surface area contributed by atoms with Crippen LogP contribution in [0, 0.1) is 0 Å². The van der Waals surface area contributed by atoms with Crippen LogP contribution in [-0.2, 0) is 16.5 Å². The average Bonchev–Trinajstić information content (AvgIpc) is 1.00. The molecule has 0 aliphatic rings. The third-order valence-electron chi connectivity index (χ3n) is 0. The maximum absolute atomic E-state index is 4.50. The van der Waals surface area contributed by atoms with Crippen molar-refractivity contribution < 1.29 is 16.5 Å². The quantitative estimate of drug-likeness (QED) is 0.455. The molecule has 0 bridgehead atoms. The molecule has 0 amide bonds. The molecule has 0 aliphatic heterocycles. The third-order valence-corrected chi connectivity index (χ3v) is 0. The van der Waals surface area contributed by atoms with E-state index in [-0.39, 0.29) is 40.5 Å². The largest absolute Gasteiger partial charge is 0.333 e. The van der Waals surface area contributed by atoms with Crippen LogP contribution in [0.5, 0.6) is 0 Å². The van der Waals surface area contributed by atoms with Crippen molar-refractivity contribution in [3.05, 3.63) is 0 Å². The molecule has 0 saturated heterocycles. The number of nitrogens with two attached hydrogens (primary N) is 1. The molecule has 0 atom stereocenters. The van der Waals surface area contributed by atoms with Gasteiger partial charge >= 0.3 is 0 Å². The van der Waals surface area contributed by atoms with Crippen LogP contribution in [0.1, 0.15) is 0 Å². The normalized spacial score (nSPS) is 1.50. The number of halogens is 1. The first-order valence-electron chi connectivity index (χ1n) is 0.577. The second kappa shape index (κ2) is 30.3. The van der Waals surface area contributed by atoms with Crippen LogP contribution in [0.2, 0.25) is 0 Å². The van der Waals surface area contributed by atoms with Crippen molar-refractivity contribution in [3.63, 3.8) is 0 Å². The number of hydrogen-bond donors (Lipinski definition) is 1. The molecule has 2 N–H and O–H groups in total. The van der Waals surface area contributed by atoms with Crippen LogP contribution in [-0.4, -0.2) is 7.05 Å². The van der Waals surface area contributed by atoms with E-state index in [4.69, 9.17) is 0 Å². The van der Waals surface area contributed by atoms with Crippen LogP contribution in [0.25, 0.3) is 0 Å². The van der Waals surface area contributed by atoms with E-state index in [0.29, 0.717) is 0 Å². The zero-order valence-electron chi connectivity index (χ0n) is 2.30. The smallest absolute Gasteiger partial charge is 0 e. The number of hydrogen-bond acceptors (Lipinski definition) is 1. The minimum absolute atomic E-state index is 0. The summed E-state index contributed by atoms with van der Waals surface area (Å²) in [5.41, 5.74) is 4.50. The van der Waals surface area contributed by atoms with Gasteiger partial charge in [0.15, 0.2) is 0 Å². The molecule has 0 heterocycles. The van der Waals surface area contributed by atoms with Gasteiger partial charge in [-0.1, -0.05) is 0 Å². The molecule has 0 rings (SSSR count). The summed E-state index contributed by atoms with van der Waals surface area (Å²) in [6.45, 7) is 0. The zero-order valence-corrected chi connectivity index (χ0v) is 5.62. The van der Waals surface area contributed by atoms with Crippen molar-refractivity contribution in [2.45, 2.75) is 0 Å². The molecule has 32 valence electrons. The monoisotopic (exact) mass is 217 g/mol. The SMILES string of the molecule is CN.I.[Ni]. The van der Waals surface area contributed by atoms with Gasteiger partial charge in [-0.3, -0.25) is 0 Å². The van der Waals surface area contributed by atoms with E-state index in [1.807, 2.05) is 0 Å². The Bertz CT molecular complexity index is 8.00. The Morgan fingerprint density at radius 2 is 1.25 bits per heavy atom. The Balaban J connectivity index is -0.00000000500. The van der Waals surface area contributed by atoms with Gasteiger partial charge in [-0.15, -0.1) is 24.0 Å². The first-order chi connectivity index (χ1) is 1.00. The van der Waals surface area contributed by atoms with Crippen molar-refractivity contribution in [2.24, 2.45) is 5.73 Å². The summed E-state index contributed by atoms with van der Waals surface area (Å²) in [5, 5.41) is 0. The van der Waals surface area contributed by atoms with Crippen molar-refractivity contribution in [1.29, 1.82) is 0 Å². The van der Waals surface area contributed by atoms with Crippen LogP contribution in [0.4, 0.5) is 0 Å². The fourth-order valence-electron chi connectivity index (χ4n) is 0. The fourth-order valence-corrected chi connectivity index (χ4v) is 0. The van der Waals surface area contributed by atoms with E-state index in [0.717, 1.165) is 0 Å². The van der Waals surface area contributed by atoms with Gasteiger partial charge < -0.3 is 5.73 Å². The predicted molar refractivity (Wildman–Crippen MR) is 25.5 cm³/mol. The average molecular weight is 218 g/mol. The Hall–Kier alpha value is 1.18. The molecule has 0 aromatic carbocycles. The maximum Gasteiger partial charge on any atom is 0 e. The minimum Gasteiger partial charge on any atom is -0.333 e. The molecular formula is CH6INNi. The van der Waals surface area contributed by atoms with E-state index in [1.54, 1.807) is 0 Å². The van der Waals surface area contributed by atoms with E-state index < -0.39 is 0 Å². The molecule has 0 saturated carbocycles. The van der Waals surface area contributed by atoms with Gasteiger partial charge in [0.05, 0.1) is 0 Å². The summed E-state index contributed by atoms with van der Waals surface area (Å²) < 4.78 is 0. The molecule has 3 heteroatoms.